The molecule has 0 amide bonds. The van der Waals surface area contributed by atoms with Gasteiger partial charge in [-0.2, -0.15) is 0 Å². The van der Waals surface area contributed by atoms with Crippen molar-refractivity contribution in [1.82, 2.24) is 4.98 Å². The normalized spacial score (nSPS) is 9.64. The number of carbonyl (C=O) groups is 1. The highest BCUT2D eigenvalue weighted by Crippen LogP contribution is 2.14. The van der Waals surface area contributed by atoms with Crippen molar-refractivity contribution in [2.75, 3.05) is 19.0 Å². The highest BCUT2D eigenvalue weighted by atomic mass is 35.5. The lowest BCUT2D eigenvalue weighted by molar-refractivity contribution is 0.0600. The first-order chi connectivity index (χ1) is 6.67. The Hall–Kier alpha value is -1.29. The van der Waals surface area contributed by atoms with E-state index >= 15 is 0 Å². The van der Waals surface area contributed by atoms with Crippen LogP contribution in [0.3, 0.4) is 0 Å². The smallest absolute Gasteiger partial charge is 0.338 e. The molecule has 76 valence electrons. The van der Waals surface area contributed by atoms with Crippen LogP contribution in [0.1, 0.15) is 17.3 Å². The number of anilines is 1. The average molecular weight is 215 g/mol. The molecule has 0 unspecified atom stereocenters. The van der Waals surface area contributed by atoms with E-state index in [4.69, 9.17) is 11.6 Å². The van der Waals surface area contributed by atoms with Crippen molar-refractivity contribution in [2.24, 2.45) is 0 Å². The first-order valence-corrected chi connectivity index (χ1v) is 4.55. The molecule has 1 heterocycles. The molecule has 0 spiro atoms. The van der Waals surface area contributed by atoms with Crippen molar-refractivity contribution < 1.29 is 9.53 Å². The Labute approximate surface area is 87.2 Å². The Kier molecular flexibility index (Phi) is 3.71. The maximum Gasteiger partial charge on any atom is 0.338 e. The quantitative estimate of drug-likeness (QED) is 0.617. The van der Waals surface area contributed by atoms with E-state index in [0.29, 0.717) is 17.9 Å². The largest absolute Gasteiger partial charge is 0.465 e. The molecule has 1 N–H and O–H groups in total. The first-order valence-electron chi connectivity index (χ1n) is 4.17. The monoisotopic (exact) mass is 214 g/mol. The Morgan fingerprint density at radius 1 is 1.64 bits per heavy atom. The van der Waals surface area contributed by atoms with Gasteiger partial charge >= 0.3 is 5.97 Å². The van der Waals surface area contributed by atoms with Gasteiger partial charge in [-0.3, -0.25) is 0 Å². The zero-order chi connectivity index (χ0) is 10.6. The van der Waals surface area contributed by atoms with Crippen molar-refractivity contribution in [3.63, 3.8) is 0 Å². The summed E-state index contributed by atoms with van der Waals surface area (Å²) >= 11 is 5.73. The standard InChI is InChI=1S/C9H11ClN2O2/c1-3-11-8-5-6(9(13)14-2)4-7(10)12-8/h4-5H,3H2,1-2H3,(H,11,12). The molecule has 0 fully saturated rings. The molecule has 0 saturated carbocycles. The summed E-state index contributed by atoms with van der Waals surface area (Å²) < 4.78 is 4.57. The van der Waals surface area contributed by atoms with Crippen LogP contribution in [0.25, 0.3) is 0 Å². The van der Waals surface area contributed by atoms with Gasteiger partial charge < -0.3 is 10.1 Å². The lowest BCUT2D eigenvalue weighted by atomic mass is 10.2. The molecule has 1 aromatic heterocycles. The number of hydrogen-bond acceptors (Lipinski definition) is 4. The number of nitrogens with zero attached hydrogens (tertiary/aromatic N) is 1. The van der Waals surface area contributed by atoms with Crippen LogP contribution >= 0.6 is 11.6 Å². The van der Waals surface area contributed by atoms with Crippen LogP contribution in [0.4, 0.5) is 5.82 Å². The van der Waals surface area contributed by atoms with E-state index in [2.05, 4.69) is 15.0 Å². The minimum atomic E-state index is -0.423. The Morgan fingerprint density at radius 2 is 2.36 bits per heavy atom. The molecule has 0 radical (unpaired) electrons. The first kappa shape index (κ1) is 10.8. The van der Waals surface area contributed by atoms with E-state index in [0.717, 1.165) is 0 Å². The van der Waals surface area contributed by atoms with Crippen molar-refractivity contribution in [3.8, 4) is 0 Å². The highest BCUT2D eigenvalue weighted by Gasteiger charge is 2.08. The van der Waals surface area contributed by atoms with Crippen LogP contribution in [0.5, 0.6) is 0 Å². The topological polar surface area (TPSA) is 51.2 Å². The van der Waals surface area contributed by atoms with E-state index in [9.17, 15) is 4.79 Å². The minimum Gasteiger partial charge on any atom is -0.465 e. The van der Waals surface area contributed by atoms with Gasteiger partial charge in [-0.25, -0.2) is 9.78 Å². The second-order valence-electron chi connectivity index (χ2n) is 2.59. The Balaban J connectivity index is 3.00. The lowest BCUT2D eigenvalue weighted by Crippen LogP contribution is -2.05. The van der Waals surface area contributed by atoms with Gasteiger partial charge in [0.05, 0.1) is 12.7 Å². The number of methoxy groups -OCH3 is 1. The van der Waals surface area contributed by atoms with Crippen molar-refractivity contribution >= 4 is 23.4 Å². The molecular formula is C9H11ClN2O2. The van der Waals surface area contributed by atoms with Gasteiger partial charge in [-0.1, -0.05) is 11.6 Å². The van der Waals surface area contributed by atoms with Gasteiger partial charge in [-0.15, -0.1) is 0 Å². The second kappa shape index (κ2) is 4.81. The molecule has 5 heteroatoms. The number of ether oxygens (including phenoxy) is 1. The van der Waals surface area contributed by atoms with Gasteiger partial charge in [0.1, 0.15) is 11.0 Å². The number of nitrogens with one attached hydrogen (secondary N) is 1. The summed E-state index contributed by atoms with van der Waals surface area (Å²) in [6.07, 6.45) is 0. The van der Waals surface area contributed by atoms with E-state index in [1.807, 2.05) is 6.92 Å². The van der Waals surface area contributed by atoms with Crippen LogP contribution in [-0.2, 0) is 4.74 Å². The Bertz CT molecular complexity index is 342. The molecule has 0 aromatic carbocycles. The molecule has 1 aromatic rings. The SMILES string of the molecule is CCNc1cc(C(=O)OC)cc(Cl)n1. The molecule has 0 aliphatic carbocycles. The molecule has 0 atom stereocenters. The van der Waals surface area contributed by atoms with Crippen LogP contribution < -0.4 is 5.32 Å². The van der Waals surface area contributed by atoms with Crippen molar-refractivity contribution in [2.45, 2.75) is 6.92 Å². The van der Waals surface area contributed by atoms with Gasteiger partial charge in [0.2, 0.25) is 0 Å². The number of pyridine rings is 1. The second-order valence-corrected chi connectivity index (χ2v) is 2.97. The van der Waals surface area contributed by atoms with Crippen LogP contribution in [0.15, 0.2) is 12.1 Å². The molecule has 14 heavy (non-hydrogen) atoms. The van der Waals surface area contributed by atoms with E-state index in [1.54, 1.807) is 6.07 Å². The fourth-order valence-electron chi connectivity index (χ4n) is 1.00. The van der Waals surface area contributed by atoms with Crippen LogP contribution in [0, 0.1) is 0 Å². The molecular weight excluding hydrogens is 204 g/mol. The maximum atomic E-state index is 11.2. The summed E-state index contributed by atoms with van der Waals surface area (Å²) in [5.74, 6) is 0.147. The summed E-state index contributed by atoms with van der Waals surface area (Å²) in [5, 5.41) is 3.23. The van der Waals surface area contributed by atoms with Crippen molar-refractivity contribution in [1.29, 1.82) is 0 Å². The number of aromatic nitrogens is 1. The van der Waals surface area contributed by atoms with E-state index < -0.39 is 5.97 Å². The third-order valence-electron chi connectivity index (χ3n) is 1.57. The van der Waals surface area contributed by atoms with Gasteiger partial charge in [0.15, 0.2) is 0 Å². The number of halogens is 1. The molecule has 0 saturated heterocycles. The molecule has 1 rings (SSSR count). The number of carbonyl (C=O) groups excluding carboxylic acids is 1. The number of esters is 1. The minimum absolute atomic E-state index is 0.267. The third kappa shape index (κ3) is 2.60. The van der Waals surface area contributed by atoms with Crippen molar-refractivity contribution in [3.05, 3.63) is 22.8 Å². The third-order valence-corrected chi connectivity index (χ3v) is 1.77. The maximum absolute atomic E-state index is 11.2. The summed E-state index contributed by atoms with van der Waals surface area (Å²) in [6.45, 7) is 2.65. The summed E-state index contributed by atoms with van der Waals surface area (Å²) in [6, 6.07) is 3.06. The fraction of sp³-hybridized carbons (Fsp3) is 0.333. The predicted molar refractivity (Wildman–Crippen MR) is 54.8 cm³/mol. The molecule has 0 bridgehead atoms. The van der Waals surface area contributed by atoms with Gasteiger partial charge in [-0.05, 0) is 19.1 Å². The van der Waals surface area contributed by atoms with E-state index in [1.165, 1.54) is 13.2 Å². The molecule has 4 nitrogen and oxygen atoms in total. The van der Waals surface area contributed by atoms with Crippen LogP contribution in [0.2, 0.25) is 5.15 Å². The molecule has 0 aliphatic heterocycles. The zero-order valence-electron chi connectivity index (χ0n) is 8.00. The number of rotatable bonds is 3. The predicted octanol–water partition coefficient (Wildman–Crippen LogP) is 1.95. The average Bonchev–Trinajstić information content (AvgIpc) is 2.16. The summed E-state index contributed by atoms with van der Waals surface area (Å²) in [5.41, 5.74) is 0.392. The Morgan fingerprint density at radius 3 is 2.93 bits per heavy atom. The number of hydrogen-bond donors (Lipinski definition) is 1. The van der Waals surface area contributed by atoms with Gasteiger partial charge in [0, 0.05) is 6.54 Å². The lowest BCUT2D eigenvalue weighted by Gasteiger charge is -2.05. The fourth-order valence-corrected chi connectivity index (χ4v) is 1.21. The van der Waals surface area contributed by atoms with Gasteiger partial charge in [0.25, 0.3) is 0 Å². The van der Waals surface area contributed by atoms with Crippen LogP contribution in [-0.4, -0.2) is 24.6 Å². The summed E-state index contributed by atoms with van der Waals surface area (Å²) in [4.78, 5) is 15.2. The summed E-state index contributed by atoms with van der Waals surface area (Å²) in [7, 11) is 1.32. The van der Waals surface area contributed by atoms with E-state index in [-0.39, 0.29) is 5.15 Å². The molecule has 0 aliphatic rings. The zero-order valence-corrected chi connectivity index (χ0v) is 8.76. The highest BCUT2D eigenvalue weighted by molar-refractivity contribution is 6.29.